The van der Waals surface area contributed by atoms with Crippen molar-refractivity contribution in [1.82, 2.24) is 5.32 Å². The molecule has 108 valence electrons. The van der Waals surface area contributed by atoms with Gasteiger partial charge in [0.2, 0.25) is 0 Å². The second-order valence-corrected chi connectivity index (χ2v) is 4.79. The van der Waals surface area contributed by atoms with E-state index in [0.29, 0.717) is 10.6 Å². The normalized spacial score (nSPS) is 12.7. The fourth-order valence-corrected chi connectivity index (χ4v) is 1.97. The minimum Gasteiger partial charge on any atom is -0.409 e. The van der Waals surface area contributed by atoms with Crippen LogP contribution in [0.1, 0.15) is 22.0 Å². The van der Waals surface area contributed by atoms with Crippen molar-refractivity contribution >= 4 is 23.3 Å². The van der Waals surface area contributed by atoms with E-state index in [1.54, 1.807) is 48.5 Å². The highest BCUT2D eigenvalue weighted by Crippen LogP contribution is 2.15. The molecule has 2 rings (SSSR count). The summed E-state index contributed by atoms with van der Waals surface area (Å²) in [5.41, 5.74) is 6.82. The first-order chi connectivity index (χ1) is 10.1. The van der Waals surface area contributed by atoms with Crippen LogP contribution in [0.3, 0.4) is 0 Å². The molecule has 0 aromatic heterocycles. The number of hydrogen-bond donors (Lipinski definition) is 3. The van der Waals surface area contributed by atoms with Gasteiger partial charge in [0.05, 0.1) is 0 Å². The van der Waals surface area contributed by atoms with Gasteiger partial charge in [-0.05, 0) is 29.8 Å². The van der Waals surface area contributed by atoms with E-state index in [4.69, 9.17) is 22.5 Å². The quantitative estimate of drug-likeness (QED) is 0.351. The second-order valence-electron chi connectivity index (χ2n) is 4.35. The van der Waals surface area contributed by atoms with Crippen molar-refractivity contribution in [2.24, 2.45) is 10.9 Å². The molecule has 0 aliphatic heterocycles. The molecule has 2 aromatic carbocycles. The van der Waals surface area contributed by atoms with Gasteiger partial charge >= 0.3 is 0 Å². The molecular weight excluding hydrogens is 290 g/mol. The van der Waals surface area contributed by atoms with Crippen molar-refractivity contribution in [3.8, 4) is 0 Å². The Bertz CT molecular complexity index is 642. The second kappa shape index (κ2) is 6.76. The highest BCUT2D eigenvalue weighted by Gasteiger charge is 2.19. The Labute approximate surface area is 127 Å². The van der Waals surface area contributed by atoms with E-state index in [0.717, 1.165) is 5.56 Å². The summed E-state index contributed by atoms with van der Waals surface area (Å²) >= 11 is 5.79. The first-order valence-corrected chi connectivity index (χ1v) is 6.58. The summed E-state index contributed by atoms with van der Waals surface area (Å²) in [5, 5.41) is 15.1. The number of nitrogens with zero attached hydrogens (tertiary/aromatic N) is 1. The van der Waals surface area contributed by atoms with Crippen LogP contribution in [0.5, 0.6) is 0 Å². The van der Waals surface area contributed by atoms with Gasteiger partial charge in [0, 0.05) is 10.6 Å². The maximum absolute atomic E-state index is 12.2. The summed E-state index contributed by atoms with van der Waals surface area (Å²) in [5.74, 6) is -0.435. The largest absolute Gasteiger partial charge is 0.409 e. The van der Waals surface area contributed by atoms with Crippen LogP contribution in [0.25, 0.3) is 0 Å². The van der Waals surface area contributed by atoms with Crippen LogP contribution in [0.4, 0.5) is 0 Å². The van der Waals surface area contributed by atoms with Crippen molar-refractivity contribution in [3.05, 3.63) is 70.7 Å². The van der Waals surface area contributed by atoms with Gasteiger partial charge in [-0.2, -0.15) is 0 Å². The monoisotopic (exact) mass is 303 g/mol. The molecule has 1 unspecified atom stereocenters. The Morgan fingerprint density at radius 3 is 2.33 bits per heavy atom. The van der Waals surface area contributed by atoms with Crippen LogP contribution in [-0.2, 0) is 0 Å². The van der Waals surface area contributed by atoms with E-state index < -0.39 is 6.04 Å². The number of nitrogens with two attached hydrogens (primary N) is 1. The lowest BCUT2D eigenvalue weighted by Crippen LogP contribution is -2.37. The molecule has 5 nitrogen and oxygen atoms in total. The molecule has 0 radical (unpaired) electrons. The van der Waals surface area contributed by atoms with E-state index in [-0.39, 0.29) is 11.7 Å². The molecule has 0 bridgehead atoms. The molecule has 0 aliphatic carbocycles. The van der Waals surface area contributed by atoms with Gasteiger partial charge < -0.3 is 16.3 Å². The van der Waals surface area contributed by atoms with Crippen molar-refractivity contribution in [1.29, 1.82) is 0 Å². The molecule has 4 N–H and O–H groups in total. The fraction of sp³-hybridized carbons (Fsp3) is 0.0667. The summed E-state index contributed by atoms with van der Waals surface area (Å²) in [6, 6.07) is 14.8. The summed E-state index contributed by atoms with van der Waals surface area (Å²) in [6.07, 6.45) is 0. The van der Waals surface area contributed by atoms with Gasteiger partial charge in [0.15, 0.2) is 5.84 Å². The molecule has 0 spiro atoms. The zero-order chi connectivity index (χ0) is 15.2. The summed E-state index contributed by atoms with van der Waals surface area (Å²) < 4.78 is 0. The summed E-state index contributed by atoms with van der Waals surface area (Å²) in [6.45, 7) is 0. The number of nitrogens with one attached hydrogen (secondary N) is 1. The number of rotatable bonds is 4. The number of hydrogen-bond acceptors (Lipinski definition) is 3. The number of oxime groups is 1. The Balaban J connectivity index is 2.23. The molecular formula is C15H14ClN3O2. The Morgan fingerprint density at radius 2 is 1.76 bits per heavy atom. The maximum atomic E-state index is 12.2. The van der Waals surface area contributed by atoms with Gasteiger partial charge in [0.25, 0.3) is 5.91 Å². The highest BCUT2D eigenvalue weighted by molar-refractivity contribution is 6.30. The molecule has 0 saturated carbocycles. The van der Waals surface area contributed by atoms with E-state index in [1.165, 1.54) is 0 Å². The SMILES string of the molecule is N/C(=N\O)C(NC(=O)c1ccc(Cl)cc1)c1ccccc1. The molecule has 21 heavy (non-hydrogen) atoms. The predicted octanol–water partition coefficient (Wildman–Crippen LogP) is 2.56. The lowest BCUT2D eigenvalue weighted by molar-refractivity contribution is 0.0946. The Kier molecular flexibility index (Phi) is 4.79. The average molecular weight is 304 g/mol. The van der Waals surface area contributed by atoms with Crippen LogP contribution >= 0.6 is 11.6 Å². The van der Waals surface area contributed by atoms with E-state index in [1.807, 2.05) is 6.07 Å². The Hall–Kier alpha value is -2.53. The minimum absolute atomic E-state index is 0.0940. The van der Waals surface area contributed by atoms with Crippen LogP contribution in [0.15, 0.2) is 59.8 Å². The minimum atomic E-state index is -0.709. The molecule has 1 amide bonds. The number of amides is 1. The number of benzene rings is 2. The van der Waals surface area contributed by atoms with E-state index >= 15 is 0 Å². The number of halogens is 1. The lowest BCUT2D eigenvalue weighted by Gasteiger charge is -2.17. The summed E-state index contributed by atoms with van der Waals surface area (Å²) in [4.78, 5) is 12.2. The predicted molar refractivity (Wildman–Crippen MR) is 81.5 cm³/mol. The number of amidine groups is 1. The molecule has 1 atom stereocenters. The third-order valence-electron chi connectivity index (χ3n) is 2.93. The van der Waals surface area contributed by atoms with E-state index in [2.05, 4.69) is 10.5 Å². The first-order valence-electron chi connectivity index (χ1n) is 6.20. The van der Waals surface area contributed by atoms with Crippen molar-refractivity contribution in [3.63, 3.8) is 0 Å². The number of carbonyl (C=O) groups is 1. The Morgan fingerprint density at radius 1 is 1.14 bits per heavy atom. The smallest absolute Gasteiger partial charge is 0.252 e. The molecule has 0 aliphatic rings. The average Bonchev–Trinajstić information content (AvgIpc) is 2.53. The topological polar surface area (TPSA) is 87.7 Å². The standard InChI is InChI=1S/C15H14ClN3O2/c16-12-8-6-11(7-9-12)15(20)18-13(14(17)19-21)10-4-2-1-3-5-10/h1-9,13,21H,(H2,17,19)(H,18,20). The van der Waals surface area contributed by atoms with Gasteiger partial charge in [-0.1, -0.05) is 47.1 Å². The molecule has 0 heterocycles. The zero-order valence-corrected chi connectivity index (χ0v) is 11.8. The lowest BCUT2D eigenvalue weighted by atomic mass is 10.1. The molecule has 0 saturated heterocycles. The van der Waals surface area contributed by atoms with Gasteiger partial charge in [-0.15, -0.1) is 0 Å². The van der Waals surface area contributed by atoms with Crippen molar-refractivity contribution in [2.75, 3.05) is 0 Å². The number of carbonyl (C=O) groups excluding carboxylic acids is 1. The first kappa shape index (κ1) is 14.9. The van der Waals surface area contributed by atoms with Crippen LogP contribution in [0.2, 0.25) is 5.02 Å². The third kappa shape index (κ3) is 3.73. The zero-order valence-electron chi connectivity index (χ0n) is 11.0. The fourth-order valence-electron chi connectivity index (χ4n) is 1.85. The maximum Gasteiger partial charge on any atom is 0.252 e. The van der Waals surface area contributed by atoms with Gasteiger partial charge in [-0.3, -0.25) is 4.79 Å². The highest BCUT2D eigenvalue weighted by atomic mass is 35.5. The van der Waals surface area contributed by atoms with Crippen molar-refractivity contribution < 1.29 is 10.0 Å². The van der Waals surface area contributed by atoms with Crippen LogP contribution in [-0.4, -0.2) is 17.0 Å². The van der Waals surface area contributed by atoms with Gasteiger partial charge in [0.1, 0.15) is 6.04 Å². The third-order valence-corrected chi connectivity index (χ3v) is 3.18. The molecule has 2 aromatic rings. The van der Waals surface area contributed by atoms with Crippen LogP contribution in [0, 0.1) is 0 Å². The van der Waals surface area contributed by atoms with Crippen molar-refractivity contribution in [2.45, 2.75) is 6.04 Å². The van der Waals surface area contributed by atoms with Gasteiger partial charge in [-0.25, -0.2) is 0 Å². The molecule has 6 heteroatoms. The van der Waals surface area contributed by atoms with E-state index in [9.17, 15) is 4.79 Å². The van der Waals surface area contributed by atoms with Crippen LogP contribution < -0.4 is 11.1 Å². The molecule has 0 fully saturated rings. The summed E-state index contributed by atoms with van der Waals surface area (Å²) in [7, 11) is 0.